The van der Waals surface area contributed by atoms with Crippen molar-refractivity contribution in [3.05, 3.63) is 41.6 Å². The van der Waals surface area contributed by atoms with Crippen LogP contribution in [-0.4, -0.2) is 53.0 Å². The first-order chi connectivity index (χ1) is 17.4. The number of ether oxygens (including phenoxy) is 1. The van der Waals surface area contributed by atoms with Crippen LogP contribution in [0.4, 0.5) is 0 Å². The number of allylic oxidation sites excluding steroid dienone is 3. The normalized spacial score (nSPS) is 22.1. The highest BCUT2D eigenvalue weighted by Gasteiger charge is 2.26. The first kappa shape index (κ1) is 29.1. The second-order valence-corrected chi connectivity index (χ2v) is 12.8. The van der Waals surface area contributed by atoms with Crippen molar-refractivity contribution in [1.82, 2.24) is 9.21 Å². The Balaban J connectivity index is 1.47. The Labute approximate surface area is 226 Å². The second-order valence-electron chi connectivity index (χ2n) is 11.4. The van der Waals surface area contributed by atoms with Gasteiger partial charge in [-0.3, -0.25) is 4.31 Å². The van der Waals surface area contributed by atoms with Gasteiger partial charge in [-0.2, -0.15) is 0 Å². The van der Waals surface area contributed by atoms with Crippen molar-refractivity contribution in [3.8, 4) is 0 Å². The highest BCUT2D eigenvalue weighted by Crippen LogP contribution is 2.35. The maximum atomic E-state index is 6.49. The molecule has 2 heterocycles. The van der Waals surface area contributed by atoms with Gasteiger partial charge >= 0.3 is 0 Å². The standard InChI is InChI=1S/C31H51N3OS/c1-7-28(22-24(3)4)33-18-16-29(17-19-33)35-31(32-8-2)26(6)25(5)23-27-14-20-34(21-15-27)36-30-12-10-9-11-13-30/h8,24,27,29-30H,1,5,9-23H2,2-4,6H3/b31-26+,32-8-. The molecule has 36 heavy (non-hydrogen) atoms. The SMILES string of the molecule is C=C=C(CC(C)C)N1CCC(OC(/N=C\C)=C(\C)C(=C)CC2CCN(SC3CCCCC3)CC2)CC1. The third kappa shape index (κ3) is 9.15. The zero-order valence-electron chi connectivity index (χ0n) is 23.6. The van der Waals surface area contributed by atoms with Crippen LogP contribution in [0, 0.1) is 11.8 Å². The van der Waals surface area contributed by atoms with Gasteiger partial charge in [0.05, 0.1) is 5.70 Å². The zero-order valence-corrected chi connectivity index (χ0v) is 24.4. The number of aliphatic imine (C=N–C) groups is 1. The van der Waals surface area contributed by atoms with Crippen LogP contribution in [0.1, 0.15) is 98.3 Å². The van der Waals surface area contributed by atoms with Crippen LogP contribution in [0.25, 0.3) is 0 Å². The van der Waals surface area contributed by atoms with E-state index >= 15 is 0 Å². The summed E-state index contributed by atoms with van der Waals surface area (Å²) < 4.78 is 9.13. The molecule has 0 bridgehead atoms. The van der Waals surface area contributed by atoms with Crippen LogP contribution in [0.15, 0.2) is 46.6 Å². The topological polar surface area (TPSA) is 28.1 Å². The number of rotatable bonds is 11. The number of hydrogen-bond donors (Lipinski definition) is 0. The highest BCUT2D eigenvalue weighted by atomic mass is 32.2. The fourth-order valence-electron chi connectivity index (χ4n) is 5.69. The molecule has 5 heteroatoms. The maximum Gasteiger partial charge on any atom is 0.216 e. The summed E-state index contributed by atoms with van der Waals surface area (Å²) in [5.74, 6) is 2.11. The maximum absolute atomic E-state index is 6.49. The monoisotopic (exact) mass is 513 g/mol. The molecule has 0 unspecified atom stereocenters. The van der Waals surface area contributed by atoms with E-state index in [9.17, 15) is 0 Å². The minimum atomic E-state index is 0.202. The molecule has 3 fully saturated rings. The molecule has 2 saturated heterocycles. The quantitative estimate of drug-likeness (QED) is 0.0916. The molecular weight excluding hydrogens is 462 g/mol. The van der Waals surface area contributed by atoms with E-state index in [1.807, 2.05) is 13.1 Å². The summed E-state index contributed by atoms with van der Waals surface area (Å²) in [5.41, 5.74) is 6.75. The summed E-state index contributed by atoms with van der Waals surface area (Å²) in [4.78, 5) is 7.07. The Kier molecular flexibility index (Phi) is 12.2. The van der Waals surface area contributed by atoms with Gasteiger partial charge in [-0.15, -0.1) is 5.73 Å². The molecule has 2 aliphatic heterocycles. The predicted molar refractivity (Wildman–Crippen MR) is 157 cm³/mol. The van der Waals surface area contributed by atoms with Crippen LogP contribution < -0.4 is 0 Å². The van der Waals surface area contributed by atoms with Crippen molar-refractivity contribution < 1.29 is 4.74 Å². The average Bonchev–Trinajstić information content (AvgIpc) is 2.88. The van der Waals surface area contributed by atoms with Crippen molar-refractivity contribution in [2.75, 3.05) is 26.2 Å². The molecule has 3 aliphatic rings. The summed E-state index contributed by atoms with van der Waals surface area (Å²) in [7, 11) is 0. The molecule has 0 aromatic carbocycles. The van der Waals surface area contributed by atoms with Crippen molar-refractivity contribution in [2.45, 2.75) is 110 Å². The van der Waals surface area contributed by atoms with Crippen molar-refractivity contribution in [3.63, 3.8) is 0 Å². The van der Waals surface area contributed by atoms with E-state index in [0.29, 0.717) is 5.92 Å². The van der Waals surface area contributed by atoms with Crippen LogP contribution in [0.3, 0.4) is 0 Å². The lowest BCUT2D eigenvalue weighted by atomic mass is 9.89. The third-order valence-corrected chi connectivity index (χ3v) is 9.40. The molecule has 202 valence electrons. The van der Waals surface area contributed by atoms with Gasteiger partial charge in [0.25, 0.3) is 0 Å². The zero-order chi connectivity index (χ0) is 25.9. The number of piperidine rings is 2. The Hall–Kier alpha value is -1.42. The van der Waals surface area contributed by atoms with E-state index in [0.717, 1.165) is 61.4 Å². The predicted octanol–water partition coefficient (Wildman–Crippen LogP) is 8.14. The largest absolute Gasteiger partial charge is 0.474 e. The van der Waals surface area contributed by atoms with Gasteiger partial charge in [0.2, 0.25) is 5.88 Å². The van der Waals surface area contributed by atoms with Gasteiger partial charge in [-0.25, -0.2) is 4.99 Å². The van der Waals surface area contributed by atoms with E-state index in [2.05, 4.69) is 65.8 Å². The van der Waals surface area contributed by atoms with Crippen LogP contribution in [0.2, 0.25) is 0 Å². The van der Waals surface area contributed by atoms with Gasteiger partial charge in [-0.05, 0) is 69.8 Å². The summed E-state index contributed by atoms with van der Waals surface area (Å²) in [6.45, 7) is 21.4. The van der Waals surface area contributed by atoms with Crippen molar-refractivity contribution in [1.29, 1.82) is 0 Å². The molecular formula is C31H51N3OS. The molecule has 0 aromatic rings. The first-order valence-corrected chi connectivity index (χ1v) is 15.3. The molecule has 0 spiro atoms. The van der Waals surface area contributed by atoms with Gasteiger partial charge in [-0.1, -0.05) is 58.2 Å². The van der Waals surface area contributed by atoms with E-state index in [1.54, 1.807) is 0 Å². The first-order valence-electron chi connectivity index (χ1n) is 14.5. The van der Waals surface area contributed by atoms with Gasteiger partial charge in [0, 0.05) is 56.1 Å². The fourth-order valence-corrected chi connectivity index (χ4v) is 7.07. The molecule has 1 aliphatic carbocycles. The molecule has 1 saturated carbocycles. The summed E-state index contributed by atoms with van der Waals surface area (Å²) in [5, 5.41) is 0.864. The van der Waals surface area contributed by atoms with E-state index in [1.165, 1.54) is 69.3 Å². The van der Waals surface area contributed by atoms with Crippen molar-refractivity contribution >= 4 is 18.2 Å². The van der Waals surface area contributed by atoms with Gasteiger partial charge in [0.15, 0.2) is 0 Å². The fraction of sp³-hybridized carbons (Fsp3) is 0.742. The molecule has 4 nitrogen and oxygen atoms in total. The second kappa shape index (κ2) is 15.1. The lowest BCUT2D eigenvalue weighted by molar-refractivity contribution is 0.0567. The molecule has 3 rings (SSSR count). The highest BCUT2D eigenvalue weighted by molar-refractivity contribution is 7.97. The minimum Gasteiger partial charge on any atom is -0.474 e. The third-order valence-electron chi connectivity index (χ3n) is 7.96. The molecule has 0 aromatic heterocycles. The Bertz CT molecular complexity index is 804. The van der Waals surface area contributed by atoms with Gasteiger partial charge in [0.1, 0.15) is 6.10 Å². The van der Waals surface area contributed by atoms with E-state index in [-0.39, 0.29) is 6.10 Å². The Morgan fingerprint density at radius 2 is 1.72 bits per heavy atom. The van der Waals surface area contributed by atoms with Crippen LogP contribution >= 0.6 is 11.9 Å². The van der Waals surface area contributed by atoms with E-state index in [4.69, 9.17) is 4.74 Å². The number of likely N-dealkylation sites (tertiary alicyclic amines) is 1. The van der Waals surface area contributed by atoms with Crippen LogP contribution in [-0.2, 0) is 4.74 Å². The number of hydrogen-bond acceptors (Lipinski definition) is 5. The number of nitrogens with zero attached hydrogens (tertiary/aromatic N) is 3. The lowest BCUT2D eigenvalue weighted by Crippen LogP contribution is -2.36. The molecule has 0 atom stereocenters. The Morgan fingerprint density at radius 3 is 2.31 bits per heavy atom. The summed E-state index contributed by atoms with van der Waals surface area (Å²) >= 11 is 2.16. The Morgan fingerprint density at radius 1 is 1.06 bits per heavy atom. The smallest absolute Gasteiger partial charge is 0.216 e. The van der Waals surface area contributed by atoms with Crippen molar-refractivity contribution in [2.24, 2.45) is 16.8 Å². The summed E-state index contributed by atoms with van der Waals surface area (Å²) in [6, 6.07) is 0. The average molecular weight is 514 g/mol. The van der Waals surface area contributed by atoms with Crippen LogP contribution in [0.5, 0.6) is 0 Å². The van der Waals surface area contributed by atoms with E-state index < -0.39 is 0 Å². The molecule has 0 radical (unpaired) electrons. The summed E-state index contributed by atoms with van der Waals surface area (Å²) in [6.07, 6.45) is 15.8. The molecule has 0 amide bonds. The minimum absolute atomic E-state index is 0.202. The lowest BCUT2D eigenvalue weighted by Gasteiger charge is -2.35. The van der Waals surface area contributed by atoms with Gasteiger partial charge < -0.3 is 9.64 Å². The molecule has 0 N–H and O–H groups in total.